The fourth-order valence-electron chi connectivity index (χ4n) is 1.87. The molecular formula is C15H17BrN2. The summed E-state index contributed by atoms with van der Waals surface area (Å²) in [5.41, 5.74) is 5.40. The lowest BCUT2D eigenvalue weighted by Gasteiger charge is -2.12. The summed E-state index contributed by atoms with van der Waals surface area (Å²) in [6, 6.07) is 8.32. The topological polar surface area (TPSA) is 24.9 Å². The molecule has 1 aromatic carbocycles. The predicted molar refractivity (Wildman–Crippen MR) is 79.9 cm³/mol. The van der Waals surface area contributed by atoms with Crippen LogP contribution in [-0.2, 0) is 6.54 Å². The lowest BCUT2D eigenvalue weighted by molar-refractivity contribution is 1.07. The molecule has 3 heteroatoms. The Hall–Kier alpha value is -1.35. The lowest BCUT2D eigenvalue weighted by atomic mass is 9.99. The summed E-state index contributed by atoms with van der Waals surface area (Å²) in [5, 5.41) is 3.34. The van der Waals surface area contributed by atoms with E-state index in [9.17, 15) is 0 Å². The lowest BCUT2D eigenvalue weighted by Crippen LogP contribution is -2.04. The third-order valence-corrected chi connectivity index (χ3v) is 3.83. The van der Waals surface area contributed by atoms with E-state index in [2.05, 4.69) is 59.1 Å². The van der Waals surface area contributed by atoms with Crippen LogP contribution in [0.4, 0.5) is 5.82 Å². The van der Waals surface area contributed by atoms with Crippen molar-refractivity contribution in [1.29, 1.82) is 0 Å². The molecule has 0 aliphatic rings. The number of benzene rings is 1. The standard InChI is InChI=1S/C15H17BrN2/c1-10-4-5-13(12(3)11(10)2)8-17-15-7-6-14(16)9-18-15/h4-7,9H,8H2,1-3H3,(H,17,18). The van der Waals surface area contributed by atoms with Crippen LogP contribution in [0.2, 0.25) is 0 Å². The highest BCUT2D eigenvalue weighted by Gasteiger charge is 2.03. The van der Waals surface area contributed by atoms with Crippen molar-refractivity contribution in [2.24, 2.45) is 0 Å². The van der Waals surface area contributed by atoms with Gasteiger partial charge in [-0.2, -0.15) is 0 Å². The van der Waals surface area contributed by atoms with Crippen molar-refractivity contribution in [2.45, 2.75) is 27.3 Å². The molecule has 0 radical (unpaired) electrons. The van der Waals surface area contributed by atoms with Crippen LogP contribution in [-0.4, -0.2) is 4.98 Å². The number of aromatic nitrogens is 1. The molecule has 2 nitrogen and oxygen atoms in total. The number of rotatable bonds is 3. The fraction of sp³-hybridized carbons (Fsp3) is 0.267. The first kappa shape index (κ1) is 13.1. The van der Waals surface area contributed by atoms with Crippen LogP contribution in [0.25, 0.3) is 0 Å². The molecule has 0 bridgehead atoms. The molecule has 1 aromatic heterocycles. The number of pyridine rings is 1. The van der Waals surface area contributed by atoms with Gasteiger partial charge in [-0.25, -0.2) is 4.98 Å². The largest absolute Gasteiger partial charge is 0.366 e. The number of halogens is 1. The quantitative estimate of drug-likeness (QED) is 0.910. The molecule has 0 spiro atoms. The molecule has 0 aliphatic heterocycles. The second kappa shape index (κ2) is 5.53. The molecule has 0 saturated carbocycles. The van der Waals surface area contributed by atoms with Crippen LogP contribution in [0.1, 0.15) is 22.3 Å². The maximum Gasteiger partial charge on any atom is 0.126 e. The summed E-state index contributed by atoms with van der Waals surface area (Å²) in [4.78, 5) is 4.31. The first-order valence-electron chi connectivity index (χ1n) is 5.99. The monoisotopic (exact) mass is 304 g/mol. The van der Waals surface area contributed by atoms with Crippen molar-refractivity contribution in [3.63, 3.8) is 0 Å². The molecule has 2 aromatic rings. The molecule has 0 saturated heterocycles. The summed E-state index contributed by atoms with van der Waals surface area (Å²) >= 11 is 3.38. The number of anilines is 1. The minimum atomic E-state index is 0.807. The highest BCUT2D eigenvalue weighted by atomic mass is 79.9. The van der Waals surface area contributed by atoms with Crippen LogP contribution in [0.15, 0.2) is 34.9 Å². The van der Waals surface area contributed by atoms with Gasteiger partial charge in [-0.1, -0.05) is 12.1 Å². The van der Waals surface area contributed by atoms with E-state index in [1.54, 1.807) is 6.20 Å². The normalized spacial score (nSPS) is 10.4. The van der Waals surface area contributed by atoms with E-state index in [-0.39, 0.29) is 0 Å². The third kappa shape index (κ3) is 2.91. The van der Waals surface area contributed by atoms with Crippen LogP contribution >= 0.6 is 15.9 Å². The molecular weight excluding hydrogens is 288 g/mol. The summed E-state index contributed by atoms with van der Waals surface area (Å²) in [7, 11) is 0. The average Bonchev–Trinajstić information content (AvgIpc) is 2.37. The van der Waals surface area contributed by atoms with Gasteiger partial charge in [0, 0.05) is 17.2 Å². The molecule has 0 amide bonds. The van der Waals surface area contributed by atoms with Crippen LogP contribution in [0.3, 0.4) is 0 Å². The van der Waals surface area contributed by atoms with Crippen LogP contribution in [0.5, 0.6) is 0 Å². The molecule has 1 heterocycles. The van der Waals surface area contributed by atoms with Gasteiger partial charge in [-0.3, -0.25) is 0 Å². The average molecular weight is 305 g/mol. The molecule has 0 atom stereocenters. The van der Waals surface area contributed by atoms with Gasteiger partial charge in [0.15, 0.2) is 0 Å². The Morgan fingerprint density at radius 3 is 2.50 bits per heavy atom. The van der Waals surface area contributed by atoms with Crippen molar-refractivity contribution in [3.8, 4) is 0 Å². The van der Waals surface area contributed by atoms with Crippen molar-refractivity contribution in [2.75, 3.05) is 5.32 Å². The van der Waals surface area contributed by atoms with Crippen LogP contribution in [0, 0.1) is 20.8 Å². The third-order valence-electron chi connectivity index (χ3n) is 3.36. The molecule has 94 valence electrons. The number of hydrogen-bond acceptors (Lipinski definition) is 2. The molecule has 2 rings (SSSR count). The Kier molecular flexibility index (Phi) is 4.02. The van der Waals surface area contributed by atoms with E-state index in [1.165, 1.54) is 22.3 Å². The minimum Gasteiger partial charge on any atom is -0.366 e. The van der Waals surface area contributed by atoms with Gasteiger partial charge >= 0.3 is 0 Å². The predicted octanol–water partition coefficient (Wildman–Crippen LogP) is 4.38. The zero-order valence-electron chi connectivity index (χ0n) is 10.9. The highest BCUT2D eigenvalue weighted by molar-refractivity contribution is 9.10. The molecule has 0 aliphatic carbocycles. The second-order valence-corrected chi connectivity index (χ2v) is 5.42. The van der Waals surface area contributed by atoms with Gasteiger partial charge < -0.3 is 5.32 Å². The Bertz CT molecular complexity index is 547. The van der Waals surface area contributed by atoms with Gasteiger partial charge in [-0.15, -0.1) is 0 Å². The Morgan fingerprint density at radius 1 is 1.06 bits per heavy atom. The van der Waals surface area contributed by atoms with Crippen LogP contribution < -0.4 is 5.32 Å². The summed E-state index contributed by atoms with van der Waals surface area (Å²) in [6.45, 7) is 7.30. The Labute approximate surface area is 117 Å². The first-order valence-corrected chi connectivity index (χ1v) is 6.78. The fourth-order valence-corrected chi connectivity index (χ4v) is 2.10. The molecule has 0 unspecified atom stereocenters. The van der Waals surface area contributed by atoms with E-state index in [0.29, 0.717) is 0 Å². The Balaban J connectivity index is 2.11. The van der Waals surface area contributed by atoms with Crippen molar-refractivity contribution < 1.29 is 0 Å². The SMILES string of the molecule is Cc1ccc(CNc2ccc(Br)cn2)c(C)c1C. The first-order chi connectivity index (χ1) is 8.58. The molecule has 18 heavy (non-hydrogen) atoms. The smallest absolute Gasteiger partial charge is 0.126 e. The van der Waals surface area contributed by atoms with E-state index in [0.717, 1.165) is 16.8 Å². The summed E-state index contributed by atoms with van der Waals surface area (Å²) in [5.74, 6) is 0.899. The molecule has 0 fully saturated rings. The van der Waals surface area contributed by atoms with E-state index >= 15 is 0 Å². The van der Waals surface area contributed by atoms with E-state index < -0.39 is 0 Å². The maximum absolute atomic E-state index is 4.31. The van der Waals surface area contributed by atoms with Crippen molar-refractivity contribution in [3.05, 3.63) is 57.2 Å². The zero-order valence-corrected chi connectivity index (χ0v) is 12.5. The van der Waals surface area contributed by atoms with Gasteiger partial charge in [-0.05, 0) is 71.1 Å². The minimum absolute atomic E-state index is 0.807. The number of hydrogen-bond donors (Lipinski definition) is 1. The molecule has 1 N–H and O–H groups in total. The van der Waals surface area contributed by atoms with E-state index in [1.807, 2.05) is 12.1 Å². The zero-order chi connectivity index (χ0) is 13.1. The van der Waals surface area contributed by atoms with Gasteiger partial charge in [0.1, 0.15) is 5.82 Å². The Morgan fingerprint density at radius 2 is 1.83 bits per heavy atom. The maximum atomic E-state index is 4.31. The van der Waals surface area contributed by atoms with E-state index in [4.69, 9.17) is 0 Å². The van der Waals surface area contributed by atoms with Gasteiger partial charge in [0.25, 0.3) is 0 Å². The number of nitrogens with one attached hydrogen (secondary N) is 1. The van der Waals surface area contributed by atoms with Gasteiger partial charge in [0.2, 0.25) is 0 Å². The highest BCUT2D eigenvalue weighted by Crippen LogP contribution is 2.18. The van der Waals surface area contributed by atoms with Gasteiger partial charge in [0.05, 0.1) is 0 Å². The summed E-state index contributed by atoms with van der Waals surface area (Å²) < 4.78 is 0.996. The number of nitrogens with zero attached hydrogens (tertiary/aromatic N) is 1. The second-order valence-electron chi connectivity index (χ2n) is 4.51. The van der Waals surface area contributed by atoms with Crippen molar-refractivity contribution in [1.82, 2.24) is 4.98 Å². The summed E-state index contributed by atoms with van der Waals surface area (Å²) in [6.07, 6.45) is 1.80. The van der Waals surface area contributed by atoms with Crippen molar-refractivity contribution >= 4 is 21.7 Å². The number of aryl methyl sites for hydroxylation is 1.